The fraction of sp³-hybridized carbons (Fsp3) is 0.667. The maximum absolute atomic E-state index is 4.19. The molecule has 1 N–H and O–H groups in total. The number of nitrogens with zero attached hydrogens (tertiary/aromatic N) is 1. The fourth-order valence-electron chi connectivity index (χ4n) is 2.81. The van der Waals surface area contributed by atoms with E-state index in [1.165, 1.54) is 24.8 Å². The lowest BCUT2D eigenvalue weighted by Gasteiger charge is -2.35. The van der Waals surface area contributed by atoms with Gasteiger partial charge >= 0.3 is 0 Å². The highest BCUT2D eigenvalue weighted by molar-refractivity contribution is 5.13. The second kappa shape index (κ2) is 5.63. The molecule has 0 amide bonds. The molecule has 2 rings (SSSR count). The van der Waals surface area contributed by atoms with Crippen molar-refractivity contribution in [2.24, 2.45) is 11.8 Å². The third kappa shape index (κ3) is 3.29. The molecule has 0 bridgehead atoms. The van der Waals surface area contributed by atoms with Gasteiger partial charge in [-0.3, -0.25) is 4.98 Å². The van der Waals surface area contributed by atoms with E-state index in [9.17, 15) is 0 Å². The summed E-state index contributed by atoms with van der Waals surface area (Å²) in [6.07, 6.45) is 7.86. The standard InChI is InChI=1S/C15H24N2/c1-11-6-7-12(2)15(9-11)17-13(3)14-5-4-8-16-10-14/h4-5,8,10-13,15,17H,6-7,9H2,1-3H3/t11?,12?,13-,15?/m1/s1. The molecule has 1 heterocycles. The number of hydrogen-bond acceptors (Lipinski definition) is 2. The van der Waals surface area contributed by atoms with Crippen molar-refractivity contribution < 1.29 is 0 Å². The Labute approximate surface area is 105 Å². The maximum Gasteiger partial charge on any atom is 0.0315 e. The zero-order chi connectivity index (χ0) is 12.3. The summed E-state index contributed by atoms with van der Waals surface area (Å²) in [5, 5.41) is 3.78. The van der Waals surface area contributed by atoms with Gasteiger partial charge in [0.1, 0.15) is 0 Å². The molecule has 1 saturated carbocycles. The van der Waals surface area contributed by atoms with Crippen LogP contribution in [0.3, 0.4) is 0 Å². The number of rotatable bonds is 3. The van der Waals surface area contributed by atoms with Crippen molar-refractivity contribution in [2.45, 2.75) is 52.1 Å². The summed E-state index contributed by atoms with van der Waals surface area (Å²) >= 11 is 0. The maximum atomic E-state index is 4.19. The zero-order valence-corrected chi connectivity index (χ0v) is 11.2. The highest BCUT2D eigenvalue weighted by Gasteiger charge is 2.26. The minimum absolute atomic E-state index is 0.404. The molecule has 94 valence electrons. The first kappa shape index (κ1) is 12.6. The first-order valence-electron chi connectivity index (χ1n) is 6.82. The van der Waals surface area contributed by atoms with E-state index in [4.69, 9.17) is 0 Å². The molecule has 0 aliphatic heterocycles. The predicted molar refractivity (Wildman–Crippen MR) is 71.8 cm³/mol. The number of nitrogens with one attached hydrogen (secondary N) is 1. The van der Waals surface area contributed by atoms with E-state index in [2.05, 4.69) is 37.1 Å². The van der Waals surface area contributed by atoms with Gasteiger partial charge in [-0.1, -0.05) is 26.3 Å². The lowest BCUT2D eigenvalue weighted by atomic mass is 9.79. The van der Waals surface area contributed by atoms with E-state index in [0.717, 1.165) is 11.8 Å². The molecule has 0 radical (unpaired) electrons. The summed E-state index contributed by atoms with van der Waals surface area (Å²) in [5.41, 5.74) is 1.29. The van der Waals surface area contributed by atoms with Gasteiger partial charge < -0.3 is 5.32 Å². The SMILES string of the molecule is CC1CCC(C)C(N[C@H](C)c2cccnc2)C1. The summed E-state index contributed by atoms with van der Waals surface area (Å²) in [6, 6.07) is 5.23. The Morgan fingerprint density at radius 3 is 2.88 bits per heavy atom. The predicted octanol–water partition coefficient (Wildman–Crippen LogP) is 3.56. The Balaban J connectivity index is 1.96. The van der Waals surface area contributed by atoms with Crippen molar-refractivity contribution in [1.82, 2.24) is 10.3 Å². The van der Waals surface area contributed by atoms with Crippen LogP contribution in [0.1, 0.15) is 51.6 Å². The van der Waals surface area contributed by atoms with Crippen LogP contribution in [0.5, 0.6) is 0 Å². The second-order valence-corrected chi connectivity index (χ2v) is 5.68. The Kier molecular flexibility index (Phi) is 4.16. The minimum atomic E-state index is 0.404. The van der Waals surface area contributed by atoms with Gasteiger partial charge in [-0.25, -0.2) is 0 Å². The third-order valence-electron chi connectivity index (χ3n) is 4.11. The lowest BCUT2D eigenvalue weighted by molar-refractivity contribution is 0.216. The molecular formula is C15H24N2. The van der Waals surface area contributed by atoms with Crippen LogP contribution in [0.15, 0.2) is 24.5 Å². The first-order chi connectivity index (χ1) is 8.16. The lowest BCUT2D eigenvalue weighted by Crippen LogP contribution is -2.40. The Morgan fingerprint density at radius 1 is 1.35 bits per heavy atom. The number of hydrogen-bond donors (Lipinski definition) is 1. The quantitative estimate of drug-likeness (QED) is 0.862. The molecule has 17 heavy (non-hydrogen) atoms. The van der Waals surface area contributed by atoms with Crippen molar-refractivity contribution >= 4 is 0 Å². The molecule has 2 heteroatoms. The van der Waals surface area contributed by atoms with Gasteiger partial charge in [-0.05, 0) is 43.2 Å². The zero-order valence-electron chi connectivity index (χ0n) is 11.2. The summed E-state index contributed by atoms with van der Waals surface area (Å²) in [6.45, 7) is 6.98. The Morgan fingerprint density at radius 2 is 2.18 bits per heavy atom. The molecule has 1 fully saturated rings. The van der Waals surface area contributed by atoms with Crippen molar-refractivity contribution in [3.8, 4) is 0 Å². The number of aromatic nitrogens is 1. The molecule has 4 atom stereocenters. The van der Waals surface area contributed by atoms with E-state index in [1.807, 2.05) is 18.5 Å². The molecule has 3 unspecified atom stereocenters. The normalized spacial score (nSPS) is 31.1. The van der Waals surface area contributed by atoms with Crippen molar-refractivity contribution in [1.29, 1.82) is 0 Å². The largest absolute Gasteiger partial charge is 0.307 e. The molecule has 0 saturated heterocycles. The fourth-order valence-corrected chi connectivity index (χ4v) is 2.81. The molecule has 0 spiro atoms. The molecule has 2 nitrogen and oxygen atoms in total. The van der Waals surface area contributed by atoms with Gasteiger partial charge in [-0.15, -0.1) is 0 Å². The average Bonchev–Trinajstić information content (AvgIpc) is 2.35. The van der Waals surface area contributed by atoms with E-state index in [-0.39, 0.29) is 0 Å². The van der Waals surface area contributed by atoms with E-state index in [0.29, 0.717) is 12.1 Å². The molecule has 1 aliphatic carbocycles. The van der Waals surface area contributed by atoms with Crippen LogP contribution >= 0.6 is 0 Å². The van der Waals surface area contributed by atoms with E-state index < -0.39 is 0 Å². The monoisotopic (exact) mass is 232 g/mol. The average molecular weight is 232 g/mol. The molecule has 1 aliphatic rings. The minimum Gasteiger partial charge on any atom is -0.307 e. The van der Waals surface area contributed by atoms with Gasteiger partial charge in [-0.2, -0.15) is 0 Å². The molecular weight excluding hydrogens is 208 g/mol. The Bertz CT molecular complexity index is 336. The summed E-state index contributed by atoms with van der Waals surface area (Å²) in [4.78, 5) is 4.19. The van der Waals surface area contributed by atoms with Crippen molar-refractivity contribution in [3.63, 3.8) is 0 Å². The highest BCUT2D eigenvalue weighted by atomic mass is 15.0. The van der Waals surface area contributed by atoms with Crippen LogP contribution < -0.4 is 5.32 Å². The summed E-state index contributed by atoms with van der Waals surface area (Å²) < 4.78 is 0. The van der Waals surface area contributed by atoms with Crippen molar-refractivity contribution in [3.05, 3.63) is 30.1 Å². The van der Waals surface area contributed by atoms with Gasteiger partial charge in [0, 0.05) is 24.5 Å². The first-order valence-corrected chi connectivity index (χ1v) is 6.82. The van der Waals surface area contributed by atoms with Crippen LogP contribution in [-0.4, -0.2) is 11.0 Å². The van der Waals surface area contributed by atoms with Gasteiger partial charge in [0.25, 0.3) is 0 Å². The topological polar surface area (TPSA) is 24.9 Å². The summed E-state index contributed by atoms with van der Waals surface area (Å²) in [7, 11) is 0. The summed E-state index contributed by atoms with van der Waals surface area (Å²) in [5.74, 6) is 1.66. The molecule has 1 aromatic heterocycles. The van der Waals surface area contributed by atoms with Crippen LogP contribution in [0.4, 0.5) is 0 Å². The number of pyridine rings is 1. The second-order valence-electron chi connectivity index (χ2n) is 5.68. The smallest absolute Gasteiger partial charge is 0.0315 e. The van der Waals surface area contributed by atoms with Crippen LogP contribution in [0, 0.1) is 11.8 Å². The highest BCUT2D eigenvalue weighted by Crippen LogP contribution is 2.29. The van der Waals surface area contributed by atoms with Gasteiger partial charge in [0.2, 0.25) is 0 Å². The molecule has 0 aromatic carbocycles. The van der Waals surface area contributed by atoms with Gasteiger partial charge in [0.15, 0.2) is 0 Å². The van der Waals surface area contributed by atoms with Crippen molar-refractivity contribution in [2.75, 3.05) is 0 Å². The van der Waals surface area contributed by atoms with Crippen LogP contribution in [0.2, 0.25) is 0 Å². The Hall–Kier alpha value is -0.890. The van der Waals surface area contributed by atoms with E-state index >= 15 is 0 Å². The van der Waals surface area contributed by atoms with Crippen LogP contribution in [-0.2, 0) is 0 Å². The molecule has 1 aromatic rings. The van der Waals surface area contributed by atoms with E-state index in [1.54, 1.807) is 0 Å². The van der Waals surface area contributed by atoms with Gasteiger partial charge in [0.05, 0.1) is 0 Å². The van der Waals surface area contributed by atoms with Crippen LogP contribution in [0.25, 0.3) is 0 Å². The third-order valence-corrected chi connectivity index (χ3v) is 4.11.